The van der Waals surface area contributed by atoms with Gasteiger partial charge in [-0.25, -0.2) is 0 Å². The molecule has 4 N–H and O–H groups in total. The zero-order chi connectivity index (χ0) is 16.0. The first-order valence-electron chi connectivity index (χ1n) is 6.55. The van der Waals surface area contributed by atoms with Gasteiger partial charge >= 0.3 is 5.97 Å². The number of carboxylic acids is 1. The fourth-order valence-electron chi connectivity index (χ4n) is 2.71. The Labute approximate surface area is 121 Å². The molecule has 1 aliphatic rings. The quantitative estimate of drug-likeness (QED) is 0.380. The van der Waals surface area contributed by atoms with Gasteiger partial charge in [-0.05, 0) is 19.3 Å². The van der Waals surface area contributed by atoms with E-state index in [1.54, 1.807) is 0 Å². The first kappa shape index (κ1) is 17.3. The van der Waals surface area contributed by atoms with Gasteiger partial charge in [-0.2, -0.15) is 0 Å². The Bertz CT molecular complexity index is 422. The van der Waals surface area contributed by atoms with Crippen LogP contribution in [0.3, 0.4) is 0 Å². The lowest BCUT2D eigenvalue weighted by Crippen LogP contribution is -2.55. The first-order chi connectivity index (χ1) is 9.94. The predicted molar refractivity (Wildman–Crippen MR) is 70.0 cm³/mol. The number of hydrogen-bond acceptors (Lipinski definition) is 6. The van der Waals surface area contributed by atoms with Crippen molar-refractivity contribution >= 4 is 17.8 Å². The highest BCUT2D eigenvalue weighted by atomic mass is 16.4. The number of imide groups is 1. The van der Waals surface area contributed by atoms with Crippen LogP contribution in [0.4, 0.5) is 0 Å². The molecule has 2 amide bonds. The summed E-state index contributed by atoms with van der Waals surface area (Å²) in [6, 6.07) is -1.14. The smallest absolute Gasteiger partial charge is 0.311 e. The molecule has 0 fully saturated rings. The van der Waals surface area contributed by atoms with Crippen LogP contribution in [0.1, 0.15) is 19.3 Å². The van der Waals surface area contributed by atoms with E-state index in [2.05, 4.69) is 0 Å². The molecule has 8 nitrogen and oxygen atoms in total. The van der Waals surface area contributed by atoms with Crippen molar-refractivity contribution < 1.29 is 34.8 Å². The second kappa shape index (κ2) is 7.30. The van der Waals surface area contributed by atoms with Crippen molar-refractivity contribution in [2.24, 2.45) is 5.41 Å². The average Bonchev–Trinajstić information content (AvgIpc) is 2.75. The monoisotopic (exact) mass is 301 g/mol. The van der Waals surface area contributed by atoms with Crippen molar-refractivity contribution in [3.05, 3.63) is 12.2 Å². The van der Waals surface area contributed by atoms with Crippen molar-refractivity contribution in [3.63, 3.8) is 0 Å². The van der Waals surface area contributed by atoms with Gasteiger partial charge in [0, 0.05) is 32.0 Å². The maximum absolute atomic E-state index is 11.8. The molecule has 1 aliphatic heterocycles. The molecule has 1 heterocycles. The molecule has 0 aliphatic carbocycles. The number of hydrogen-bond donors (Lipinski definition) is 4. The second-order valence-corrected chi connectivity index (χ2v) is 4.82. The van der Waals surface area contributed by atoms with Gasteiger partial charge in [-0.3, -0.25) is 19.3 Å². The summed E-state index contributed by atoms with van der Waals surface area (Å²) in [6.45, 7) is -1.41. The summed E-state index contributed by atoms with van der Waals surface area (Å²) >= 11 is 0. The molecule has 0 aromatic heterocycles. The normalized spacial score (nSPS) is 16.6. The third-order valence-corrected chi connectivity index (χ3v) is 3.74. The molecule has 0 saturated heterocycles. The van der Waals surface area contributed by atoms with E-state index < -0.39 is 49.1 Å². The topological polar surface area (TPSA) is 135 Å². The van der Waals surface area contributed by atoms with Crippen LogP contribution in [0.15, 0.2) is 12.2 Å². The zero-order valence-electron chi connectivity index (χ0n) is 11.4. The summed E-state index contributed by atoms with van der Waals surface area (Å²) in [6.07, 6.45) is 1.41. The molecule has 1 atom stereocenters. The van der Waals surface area contributed by atoms with Crippen LogP contribution in [0.2, 0.25) is 0 Å². The lowest BCUT2D eigenvalue weighted by molar-refractivity contribution is -0.161. The number of nitrogens with zero attached hydrogens (tertiary/aromatic N) is 1. The molecule has 0 aromatic carbocycles. The van der Waals surface area contributed by atoms with Crippen LogP contribution in [0.25, 0.3) is 0 Å². The predicted octanol–water partition coefficient (Wildman–Crippen LogP) is -1.50. The molecule has 21 heavy (non-hydrogen) atoms. The first-order valence-corrected chi connectivity index (χ1v) is 6.55. The summed E-state index contributed by atoms with van der Waals surface area (Å²) in [5, 5.41) is 37.0. The van der Waals surface area contributed by atoms with E-state index in [1.165, 1.54) is 0 Å². The third kappa shape index (κ3) is 3.29. The SMILES string of the molecule is O=C1C=CC(=O)N1C(CCO)C(CCO)(CCO)C(=O)O. The van der Waals surface area contributed by atoms with Crippen LogP contribution in [-0.2, 0) is 14.4 Å². The Morgan fingerprint density at radius 1 is 1.05 bits per heavy atom. The highest BCUT2D eigenvalue weighted by Gasteiger charge is 2.50. The van der Waals surface area contributed by atoms with Crippen LogP contribution in [0, 0.1) is 5.41 Å². The number of rotatable bonds is 9. The minimum atomic E-state index is -1.70. The molecular weight excluding hydrogens is 282 g/mol. The number of aliphatic hydroxyl groups excluding tert-OH is 3. The standard InChI is InChI=1S/C13H19NO7/c15-6-3-9(14-10(18)1-2-11(14)19)13(4-7-16,5-8-17)12(20)21/h1-2,9,15-17H,3-8H2,(H,20,21). The maximum Gasteiger partial charge on any atom is 0.311 e. The van der Waals surface area contributed by atoms with Crippen LogP contribution < -0.4 is 0 Å². The van der Waals surface area contributed by atoms with E-state index in [-0.39, 0.29) is 19.3 Å². The summed E-state index contributed by atoms with van der Waals surface area (Å²) in [4.78, 5) is 36.1. The Balaban J connectivity index is 3.27. The molecule has 0 radical (unpaired) electrons. The largest absolute Gasteiger partial charge is 0.481 e. The van der Waals surface area contributed by atoms with Gasteiger partial charge in [0.2, 0.25) is 0 Å². The summed E-state index contributed by atoms with van der Waals surface area (Å²) in [5.41, 5.74) is -1.70. The molecule has 0 spiro atoms. The minimum absolute atomic E-state index is 0.147. The third-order valence-electron chi connectivity index (χ3n) is 3.74. The number of aliphatic carboxylic acids is 1. The van der Waals surface area contributed by atoms with Gasteiger partial charge in [0.05, 0.1) is 11.5 Å². The van der Waals surface area contributed by atoms with E-state index in [1.807, 2.05) is 0 Å². The molecule has 118 valence electrons. The minimum Gasteiger partial charge on any atom is -0.481 e. The number of carboxylic acid groups (broad SMARTS) is 1. The molecular formula is C13H19NO7. The number of aliphatic hydroxyl groups is 3. The molecule has 0 saturated carbocycles. The van der Waals surface area contributed by atoms with Gasteiger partial charge in [0.15, 0.2) is 0 Å². The zero-order valence-corrected chi connectivity index (χ0v) is 11.4. The molecule has 8 heteroatoms. The fraction of sp³-hybridized carbons (Fsp3) is 0.615. The summed E-state index contributed by atoms with van der Waals surface area (Å²) in [5.74, 6) is -2.67. The maximum atomic E-state index is 11.8. The lowest BCUT2D eigenvalue weighted by atomic mass is 9.72. The molecule has 1 rings (SSSR count). The number of carbonyl (C=O) groups is 3. The van der Waals surface area contributed by atoms with Gasteiger partial charge in [-0.15, -0.1) is 0 Å². The molecule has 0 aromatic rings. The highest BCUT2D eigenvalue weighted by molar-refractivity contribution is 6.13. The Morgan fingerprint density at radius 3 is 1.86 bits per heavy atom. The lowest BCUT2D eigenvalue weighted by Gasteiger charge is -2.40. The van der Waals surface area contributed by atoms with Crippen LogP contribution in [0.5, 0.6) is 0 Å². The van der Waals surface area contributed by atoms with E-state index in [4.69, 9.17) is 15.3 Å². The second-order valence-electron chi connectivity index (χ2n) is 4.82. The van der Waals surface area contributed by atoms with E-state index in [0.29, 0.717) is 0 Å². The Morgan fingerprint density at radius 2 is 1.52 bits per heavy atom. The molecule has 1 unspecified atom stereocenters. The van der Waals surface area contributed by atoms with Gasteiger partial charge in [0.1, 0.15) is 0 Å². The Kier molecular flexibility index (Phi) is 6.01. The highest BCUT2D eigenvalue weighted by Crippen LogP contribution is 2.37. The Hall–Kier alpha value is -1.77. The number of carbonyl (C=O) groups excluding carboxylic acids is 2. The van der Waals surface area contributed by atoms with Gasteiger partial charge in [-0.1, -0.05) is 0 Å². The summed E-state index contributed by atoms with van der Waals surface area (Å²) < 4.78 is 0. The fourth-order valence-corrected chi connectivity index (χ4v) is 2.71. The average molecular weight is 301 g/mol. The van der Waals surface area contributed by atoms with E-state index >= 15 is 0 Å². The van der Waals surface area contributed by atoms with Crippen molar-refractivity contribution in [3.8, 4) is 0 Å². The molecule has 0 bridgehead atoms. The van der Waals surface area contributed by atoms with Gasteiger partial charge < -0.3 is 20.4 Å². The van der Waals surface area contributed by atoms with Crippen molar-refractivity contribution in [1.82, 2.24) is 4.90 Å². The van der Waals surface area contributed by atoms with E-state index in [0.717, 1.165) is 17.1 Å². The van der Waals surface area contributed by atoms with Gasteiger partial charge in [0.25, 0.3) is 11.8 Å². The van der Waals surface area contributed by atoms with E-state index in [9.17, 15) is 19.5 Å². The van der Waals surface area contributed by atoms with Crippen LogP contribution in [-0.4, -0.2) is 69.0 Å². The van der Waals surface area contributed by atoms with Crippen LogP contribution >= 0.6 is 0 Å². The van der Waals surface area contributed by atoms with Crippen molar-refractivity contribution in [2.75, 3.05) is 19.8 Å². The number of amides is 2. The summed E-state index contributed by atoms with van der Waals surface area (Å²) in [7, 11) is 0. The van der Waals surface area contributed by atoms with Crippen molar-refractivity contribution in [1.29, 1.82) is 0 Å². The van der Waals surface area contributed by atoms with Crippen molar-refractivity contribution in [2.45, 2.75) is 25.3 Å².